The summed E-state index contributed by atoms with van der Waals surface area (Å²) in [6.07, 6.45) is 3.39. The van der Waals surface area contributed by atoms with E-state index in [2.05, 4.69) is 25.3 Å². The fraction of sp³-hybridized carbons (Fsp3) is 0.263. The third-order valence-corrected chi connectivity index (χ3v) is 4.67. The zero-order chi connectivity index (χ0) is 19.8. The Morgan fingerprint density at radius 3 is 2.96 bits per heavy atom. The van der Waals surface area contributed by atoms with Gasteiger partial charge in [0, 0.05) is 44.2 Å². The molecule has 8 nitrogen and oxygen atoms in total. The van der Waals surface area contributed by atoms with E-state index in [0.717, 1.165) is 34.7 Å². The van der Waals surface area contributed by atoms with Crippen molar-refractivity contribution >= 4 is 34.8 Å². The number of nitrogens with one attached hydrogen (secondary N) is 1. The number of carbonyl (C=O) groups excluding carboxylic acids is 1. The summed E-state index contributed by atoms with van der Waals surface area (Å²) in [7, 11) is 3.92. The van der Waals surface area contributed by atoms with Crippen molar-refractivity contribution in [2.45, 2.75) is 13.5 Å². The molecule has 9 heteroatoms. The van der Waals surface area contributed by atoms with Crippen LogP contribution in [0.1, 0.15) is 22.8 Å². The van der Waals surface area contributed by atoms with E-state index >= 15 is 0 Å². The zero-order valence-corrected chi connectivity index (χ0v) is 16.5. The van der Waals surface area contributed by atoms with Crippen LogP contribution in [-0.4, -0.2) is 39.4 Å². The van der Waals surface area contributed by atoms with Crippen LogP contribution in [-0.2, 0) is 18.3 Å². The molecule has 28 heavy (non-hydrogen) atoms. The van der Waals surface area contributed by atoms with Crippen molar-refractivity contribution in [3.8, 4) is 11.3 Å². The standard InChI is InChI=1S/C19H19ClN6O2/c1-4-28-18(27)13-8-21-19(20)23-17(13)22-14-7-5-6-12-15-11(10-26(3)24-15)9-25(2)16(12)14/h5-8,10H,4,9H2,1-3H3,(H,21,22,23). The van der Waals surface area contributed by atoms with Crippen LogP contribution in [0, 0.1) is 0 Å². The molecule has 0 bridgehead atoms. The lowest BCUT2D eigenvalue weighted by atomic mass is 9.99. The molecule has 0 atom stereocenters. The quantitative estimate of drug-likeness (QED) is 0.532. The normalized spacial score (nSPS) is 12.4. The van der Waals surface area contributed by atoms with E-state index in [9.17, 15) is 4.79 Å². The summed E-state index contributed by atoms with van der Waals surface area (Å²) in [6, 6.07) is 5.89. The molecule has 0 fully saturated rings. The van der Waals surface area contributed by atoms with Gasteiger partial charge < -0.3 is 15.0 Å². The Balaban J connectivity index is 1.79. The minimum absolute atomic E-state index is 0.0423. The van der Waals surface area contributed by atoms with E-state index in [-0.39, 0.29) is 17.5 Å². The van der Waals surface area contributed by atoms with Crippen molar-refractivity contribution in [1.82, 2.24) is 19.7 Å². The number of para-hydroxylation sites is 1. The highest BCUT2D eigenvalue weighted by Gasteiger charge is 2.26. The number of halogens is 1. The Labute approximate surface area is 167 Å². The molecule has 1 aliphatic heterocycles. The molecular weight excluding hydrogens is 380 g/mol. The predicted octanol–water partition coefficient (Wildman–Crippen LogP) is 3.40. The van der Waals surface area contributed by atoms with E-state index in [1.54, 1.807) is 6.92 Å². The van der Waals surface area contributed by atoms with Crippen LogP contribution < -0.4 is 10.2 Å². The third-order valence-electron chi connectivity index (χ3n) is 4.49. The van der Waals surface area contributed by atoms with E-state index in [1.165, 1.54) is 6.20 Å². The molecule has 144 valence electrons. The highest BCUT2D eigenvalue weighted by atomic mass is 35.5. The van der Waals surface area contributed by atoms with Gasteiger partial charge in [0.25, 0.3) is 0 Å². The predicted molar refractivity (Wildman–Crippen MR) is 107 cm³/mol. The highest BCUT2D eigenvalue weighted by molar-refractivity contribution is 6.28. The molecule has 0 saturated carbocycles. The fourth-order valence-electron chi connectivity index (χ4n) is 3.40. The molecule has 1 aromatic carbocycles. The molecule has 1 N–H and O–H groups in total. The maximum Gasteiger partial charge on any atom is 0.343 e. The second-order valence-corrected chi connectivity index (χ2v) is 6.82. The lowest BCUT2D eigenvalue weighted by molar-refractivity contribution is 0.0526. The first-order valence-electron chi connectivity index (χ1n) is 8.81. The monoisotopic (exact) mass is 398 g/mol. The molecule has 2 aromatic heterocycles. The molecule has 3 heterocycles. The van der Waals surface area contributed by atoms with Gasteiger partial charge in [0.1, 0.15) is 11.4 Å². The Bertz CT molecular complexity index is 1060. The molecule has 0 radical (unpaired) electrons. The van der Waals surface area contributed by atoms with Gasteiger partial charge in [0.2, 0.25) is 5.28 Å². The maximum absolute atomic E-state index is 12.3. The molecule has 4 rings (SSSR count). The van der Waals surface area contributed by atoms with Crippen molar-refractivity contribution in [1.29, 1.82) is 0 Å². The van der Waals surface area contributed by atoms with Crippen molar-refractivity contribution in [3.05, 3.63) is 47.0 Å². The second-order valence-electron chi connectivity index (χ2n) is 6.48. The largest absolute Gasteiger partial charge is 0.462 e. The lowest BCUT2D eigenvalue weighted by Gasteiger charge is -2.29. The first-order chi connectivity index (χ1) is 13.5. The maximum atomic E-state index is 12.3. The van der Waals surface area contributed by atoms with Gasteiger partial charge in [-0.15, -0.1) is 0 Å². The van der Waals surface area contributed by atoms with Crippen LogP contribution in [0.4, 0.5) is 17.2 Å². The topological polar surface area (TPSA) is 85.2 Å². The van der Waals surface area contributed by atoms with Gasteiger partial charge in [-0.2, -0.15) is 10.1 Å². The van der Waals surface area contributed by atoms with E-state index in [1.807, 2.05) is 43.2 Å². The minimum Gasteiger partial charge on any atom is -0.462 e. The Morgan fingerprint density at radius 1 is 1.36 bits per heavy atom. The number of benzene rings is 1. The molecule has 0 spiro atoms. The number of ether oxygens (including phenoxy) is 1. The van der Waals surface area contributed by atoms with Gasteiger partial charge >= 0.3 is 5.97 Å². The average Bonchev–Trinajstić information content (AvgIpc) is 3.02. The zero-order valence-electron chi connectivity index (χ0n) is 15.7. The SMILES string of the molecule is CCOC(=O)c1cnc(Cl)nc1Nc1cccc2c1N(C)Cc1cn(C)nc1-2. The summed E-state index contributed by atoms with van der Waals surface area (Å²) in [5.41, 5.74) is 5.10. The van der Waals surface area contributed by atoms with E-state index in [0.29, 0.717) is 5.82 Å². The summed E-state index contributed by atoms with van der Waals surface area (Å²) in [5, 5.41) is 7.88. The summed E-state index contributed by atoms with van der Waals surface area (Å²) in [6.45, 7) is 2.73. The van der Waals surface area contributed by atoms with Gasteiger partial charge in [0.05, 0.1) is 23.7 Å². The van der Waals surface area contributed by atoms with Crippen molar-refractivity contribution in [2.24, 2.45) is 7.05 Å². The third kappa shape index (κ3) is 3.16. The van der Waals surface area contributed by atoms with E-state index in [4.69, 9.17) is 16.3 Å². The number of esters is 1. The number of aromatic nitrogens is 4. The number of hydrogen-bond donors (Lipinski definition) is 1. The summed E-state index contributed by atoms with van der Waals surface area (Å²) >= 11 is 5.97. The number of aryl methyl sites for hydroxylation is 1. The first kappa shape index (κ1) is 18.2. The van der Waals surface area contributed by atoms with Gasteiger partial charge in [-0.3, -0.25) is 4.68 Å². The van der Waals surface area contributed by atoms with Crippen molar-refractivity contribution in [3.63, 3.8) is 0 Å². The van der Waals surface area contributed by atoms with Gasteiger partial charge in [-0.1, -0.05) is 12.1 Å². The average molecular weight is 399 g/mol. The van der Waals surface area contributed by atoms with E-state index < -0.39 is 5.97 Å². The molecule has 0 saturated heterocycles. The van der Waals surface area contributed by atoms with Crippen molar-refractivity contribution in [2.75, 3.05) is 23.9 Å². The van der Waals surface area contributed by atoms with Crippen LogP contribution in [0.3, 0.4) is 0 Å². The summed E-state index contributed by atoms with van der Waals surface area (Å²) in [5.74, 6) is -0.209. The molecule has 0 unspecified atom stereocenters. The van der Waals surface area contributed by atoms with Crippen LogP contribution >= 0.6 is 11.6 Å². The number of anilines is 3. The van der Waals surface area contributed by atoms with Gasteiger partial charge in [0.15, 0.2) is 0 Å². The molecular formula is C19H19ClN6O2. The van der Waals surface area contributed by atoms with Gasteiger partial charge in [-0.05, 0) is 24.6 Å². The number of hydrogen-bond acceptors (Lipinski definition) is 7. The Kier molecular flexibility index (Phi) is 4.64. The number of carbonyl (C=O) groups is 1. The summed E-state index contributed by atoms with van der Waals surface area (Å²) in [4.78, 5) is 22.5. The van der Waals surface area contributed by atoms with Gasteiger partial charge in [-0.25, -0.2) is 9.78 Å². The molecule has 1 aliphatic rings. The highest BCUT2D eigenvalue weighted by Crippen LogP contribution is 2.43. The molecule has 0 amide bonds. The number of fused-ring (bicyclic) bond motifs is 3. The second kappa shape index (κ2) is 7.12. The van der Waals surface area contributed by atoms with Crippen molar-refractivity contribution < 1.29 is 9.53 Å². The fourth-order valence-corrected chi connectivity index (χ4v) is 3.54. The van der Waals surface area contributed by atoms with Crippen LogP contribution in [0.5, 0.6) is 0 Å². The Morgan fingerprint density at radius 2 is 2.18 bits per heavy atom. The minimum atomic E-state index is -0.508. The summed E-state index contributed by atoms with van der Waals surface area (Å²) < 4.78 is 6.92. The van der Waals surface area contributed by atoms with Crippen LogP contribution in [0.2, 0.25) is 5.28 Å². The molecule has 3 aromatic rings. The molecule has 0 aliphatic carbocycles. The lowest BCUT2D eigenvalue weighted by Crippen LogP contribution is -2.22. The smallest absolute Gasteiger partial charge is 0.343 e. The number of rotatable bonds is 4. The van der Waals surface area contributed by atoms with Crippen LogP contribution in [0.15, 0.2) is 30.6 Å². The number of nitrogens with zero attached hydrogens (tertiary/aromatic N) is 5. The first-order valence-corrected chi connectivity index (χ1v) is 9.19. The van der Waals surface area contributed by atoms with Crippen LogP contribution in [0.25, 0.3) is 11.3 Å². The Hall–Kier alpha value is -3.13.